The van der Waals surface area contributed by atoms with Gasteiger partial charge in [-0.25, -0.2) is 9.07 Å². The van der Waals surface area contributed by atoms with Crippen LogP contribution in [0, 0.1) is 5.82 Å². The molecule has 3 heterocycles. The van der Waals surface area contributed by atoms with E-state index in [1.807, 2.05) is 30.5 Å². The number of nitrogens with zero attached hydrogens (tertiary/aromatic N) is 3. The van der Waals surface area contributed by atoms with Gasteiger partial charge in [-0.05, 0) is 62.8 Å². The van der Waals surface area contributed by atoms with E-state index < -0.39 is 5.82 Å². The summed E-state index contributed by atoms with van der Waals surface area (Å²) in [5, 5.41) is 13.9. The van der Waals surface area contributed by atoms with Crippen molar-refractivity contribution in [2.75, 3.05) is 25.5 Å². The first-order chi connectivity index (χ1) is 16.8. The third-order valence-electron chi connectivity index (χ3n) is 6.17. The number of likely N-dealkylation sites (tertiary alicyclic amines) is 1. The molecular formula is C26H25ClFN5OS. The van der Waals surface area contributed by atoms with Gasteiger partial charge >= 0.3 is 0 Å². The first-order valence-electron chi connectivity index (χ1n) is 11.3. The Morgan fingerprint density at radius 3 is 2.86 bits per heavy atom. The van der Waals surface area contributed by atoms with Gasteiger partial charge in [-0.15, -0.1) is 11.3 Å². The molecule has 4 aromatic rings. The number of amides is 1. The number of carbonyl (C=O) groups is 1. The van der Waals surface area contributed by atoms with Gasteiger partial charge in [0, 0.05) is 34.6 Å². The maximum atomic E-state index is 14.4. The Balaban J connectivity index is 1.46. The molecular weight excluding hydrogens is 485 g/mol. The van der Waals surface area contributed by atoms with Gasteiger partial charge in [-0.1, -0.05) is 24.2 Å². The summed E-state index contributed by atoms with van der Waals surface area (Å²) in [6, 6.07) is 10.5. The van der Waals surface area contributed by atoms with Crippen molar-refractivity contribution in [3.05, 3.63) is 75.8 Å². The summed E-state index contributed by atoms with van der Waals surface area (Å²) in [5.41, 5.74) is 4.19. The van der Waals surface area contributed by atoms with Crippen molar-refractivity contribution < 1.29 is 9.18 Å². The second-order valence-corrected chi connectivity index (χ2v) is 10.2. The number of anilines is 2. The monoisotopic (exact) mass is 509 g/mol. The molecule has 1 aliphatic heterocycles. The molecule has 1 amide bonds. The maximum Gasteiger partial charge on any atom is 0.261 e. The van der Waals surface area contributed by atoms with Gasteiger partial charge in [0.2, 0.25) is 0 Å². The fraction of sp³-hybridized carbons (Fsp3) is 0.231. The lowest BCUT2D eigenvalue weighted by molar-refractivity contribution is 0.0942. The third kappa shape index (κ3) is 4.69. The molecule has 35 heavy (non-hydrogen) atoms. The highest BCUT2D eigenvalue weighted by molar-refractivity contribution is 7.12. The van der Waals surface area contributed by atoms with E-state index in [-0.39, 0.29) is 17.6 Å². The second kappa shape index (κ2) is 9.45. The Bertz CT molecular complexity index is 1420. The minimum absolute atomic E-state index is 0.0612. The van der Waals surface area contributed by atoms with E-state index >= 15 is 0 Å². The second-order valence-electron chi connectivity index (χ2n) is 8.91. The van der Waals surface area contributed by atoms with Crippen LogP contribution < -0.4 is 10.6 Å². The first kappa shape index (κ1) is 23.5. The molecule has 1 fully saturated rings. The highest BCUT2D eigenvalue weighted by Gasteiger charge is 2.23. The predicted molar refractivity (Wildman–Crippen MR) is 142 cm³/mol. The smallest absolute Gasteiger partial charge is 0.261 e. The number of carbonyl (C=O) groups excluding carboxylic acids is 1. The quantitative estimate of drug-likeness (QED) is 0.330. The third-order valence-corrected chi connectivity index (χ3v) is 7.40. The van der Waals surface area contributed by atoms with Crippen LogP contribution in [0.4, 0.5) is 15.8 Å². The zero-order valence-corrected chi connectivity index (χ0v) is 21.0. The Hall–Kier alpha value is -3.20. The van der Waals surface area contributed by atoms with Gasteiger partial charge in [0.05, 0.1) is 33.0 Å². The highest BCUT2D eigenvalue weighted by Crippen LogP contribution is 2.35. The molecule has 9 heteroatoms. The summed E-state index contributed by atoms with van der Waals surface area (Å²) in [6.07, 6.45) is 2.71. The zero-order chi connectivity index (χ0) is 24.7. The summed E-state index contributed by atoms with van der Waals surface area (Å²) in [6.45, 7) is 7.85. The predicted octanol–water partition coefficient (Wildman–Crippen LogP) is 6.09. The van der Waals surface area contributed by atoms with Gasteiger partial charge in [0.25, 0.3) is 5.91 Å². The van der Waals surface area contributed by atoms with Gasteiger partial charge in [-0.3, -0.25) is 4.79 Å². The Morgan fingerprint density at radius 1 is 1.31 bits per heavy atom. The van der Waals surface area contributed by atoms with Crippen LogP contribution >= 0.6 is 22.9 Å². The topological polar surface area (TPSA) is 62.2 Å². The maximum absolute atomic E-state index is 14.4. The standard InChI is InChI=1S/C26H25ClFN5OS/c1-15(2)19-11-23-16(9-22(19)31-25-20(27)5-4-6-21(25)28)12-29-33(23)18-10-24(35-14-18)26(34)30-17-7-8-32(3)13-17/h4-6,9-12,14,17,31H,1,7-8,13H2,2-3H3,(H,30,34). The van der Waals surface area contributed by atoms with Crippen LogP contribution in [-0.2, 0) is 0 Å². The molecule has 1 saturated heterocycles. The molecule has 0 spiro atoms. The molecule has 0 aliphatic carbocycles. The lowest BCUT2D eigenvalue weighted by Crippen LogP contribution is -2.36. The van der Waals surface area contributed by atoms with Crippen LogP contribution in [0.2, 0.25) is 5.02 Å². The van der Waals surface area contributed by atoms with Crippen LogP contribution in [0.3, 0.4) is 0 Å². The SMILES string of the molecule is C=C(C)c1cc2c(cnn2-c2csc(C(=O)NC3CCN(C)C3)c2)cc1Nc1c(F)cccc1Cl. The number of hydrogen-bond donors (Lipinski definition) is 2. The lowest BCUT2D eigenvalue weighted by atomic mass is 10.0. The Morgan fingerprint density at radius 2 is 2.14 bits per heavy atom. The number of likely N-dealkylation sites (N-methyl/N-ethyl adjacent to an activating group) is 1. The minimum atomic E-state index is -0.436. The van der Waals surface area contributed by atoms with E-state index in [0.29, 0.717) is 15.6 Å². The van der Waals surface area contributed by atoms with Crippen LogP contribution in [0.1, 0.15) is 28.6 Å². The molecule has 5 rings (SSSR count). The number of hydrogen-bond acceptors (Lipinski definition) is 5. The van der Waals surface area contributed by atoms with Crippen molar-refractivity contribution in [1.82, 2.24) is 20.0 Å². The number of rotatable bonds is 6. The van der Waals surface area contributed by atoms with Crippen molar-refractivity contribution in [3.63, 3.8) is 0 Å². The molecule has 2 aromatic heterocycles. The molecule has 0 bridgehead atoms. The zero-order valence-electron chi connectivity index (χ0n) is 19.4. The Kier molecular flexibility index (Phi) is 6.35. The van der Waals surface area contributed by atoms with Gasteiger partial charge < -0.3 is 15.5 Å². The number of allylic oxidation sites excluding steroid dienone is 1. The Labute approximate surface area is 212 Å². The molecule has 1 atom stereocenters. The fourth-order valence-electron chi connectivity index (χ4n) is 4.35. The van der Waals surface area contributed by atoms with Crippen molar-refractivity contribution in [2.45, 2.75) is 19.4 Å². The number of benzene rings is 2. The molecule has 2 N–H and O–H groups in total. The number of para-hydroxylation sites is 1. The van der Waals surface area contributed by atoms with Crippen LogP contribution in [0.5, 0.6) is 0 Å². The van der Waals surface area contributed by atoms with E-state index in [2.05, 4.69) is 34.3 Å². The van der Waals surface area contributed by atoms with E-state index in [1.54, 1.807) is 23.0 Å². The molecule has 1 unspecified atom stereocenters. The molecule has 6 nitrogen and oxygen atoms in total. The van der Waals surface area contributed by atoms with Crippen LogP contribution in [0.15, 0.2) is 54.6 Å². The van der Waals surface area contributed by atoms with Crippen molar-refractivity contribution in [2.24, 2.45) is 0 Å². The van der Waals surface area contributed by atoms with Crippen LogP contribution in [-0.4, -0.2) is 46.8 Å². The highest BCUT2D eigenvalue weighted by atomic mass is 35.5. The van der Waals surface area contributed by atoms with Crippen molar-refractivity contribution >= 4 is 56.7 Å². The number of halogens is 2. The molecule has 1 aliphatic rings. The number of fused-ring (bicyclic) bond motifs is 1. The molecule has 0 saturated carbocycles. The van der Waals surface area contributed by atoms with Crippen molar-refractivity contribution in [1.29, 1.82) is 0 Å². The van der Waals surface area contributed by atoms with Gasteiger partial charge in [0.1, 0.15) is 5.82 Å². The summed E-state index contributed by atoms with van der Waals surface area (Å²) in [4.78, 5) is 15.6. The van der Waals surface area contributed by atoms with Gasteiger partial charge in [-0.2, -0.15) is 5.10 Å². The van der Waals surface area contributed by atoms with E-state index in [4.69, 9.17) is 11.6 Å². The van der Waals surface area contributed by atoms with E-state index in [9.17, 15) is 9.18 Å². The summed E-state index contributed by atoms with van der Waals surface area (Å²) < 4.78 is 16.2. The summed E-state index contributed by atoms with van der Waals surface area (Å²) in [5.74, 6) is -0.497. The number of aromatic nitrogens is 2. The van der Waals surface area contributed by atoms with E-state index in [0.717, 1.165) is 47.2 Å². The summed E-state index contributed by atoms with van der Waals surface area (Å²) >= 11 is 7.62. The molecule has 0 radical (unpaired) electrons. The molecule has 2 aromatic carbocycles. The average Bonchev–Trinajstić information content (AvgIpc) is 3.55. The average molecular weight is 510 g/mol. The largest absolute Gasteiger partial charge is 0.351 e. The van der Waals surface area contributed by atoms with Crippen molar-refractivity contribution in [3.8, 4) is 5.69 Å². The van der Waals surface area contributed by atoms with Crippen LogP contribution in [0.25, 0.3) is 22.2 Å². The van der Waals surface area contributed by atoms with E-state index in [1.165, 1.54) is 17.4 Å². The molecule has 180 valence electrons. The minimum Gasteiger partial charge on any atom is -0.351 e. The normalized spacial score (nSPS) is 16.1. The van der Waals surface area contributed by atoms with Gasteiger partial charge in [0.15, 0.2) is 0 Å². The first-order valence-corrected chi connectivity index (χ1v) is 12.5. The number of nitrogens with one attached hydrogen (secondary N) is 2. The summed E-state index contributed by atoms with van der Waals surface area (Å²) in [7, 11) is 2.06. The lowest BCUT2D eigenvalue weighted by Gasteiger charge is -2.15. The number of thiophene rings is 1. The fourth-order valence-corrected chi connectivity index (χ4v) is 5.33.